The van der Waals surface area contributed by atoms with Crippen molar-refractivity contribution >= 4 is 11.9 Å². The molecular weight excluding hydrogens is 456 g/mol. The molecule has 0 aromatic heterocycles. The van der Waals surface area contributed by atoms with Crippen LogP contribution in [0.2, 0.25) is 0 Å². The maximum Gasteiger partial charge on any atom is 0.338 e. The highest BCUT2D eigenvalue weighted by molar-refractivity contribution is 5.79. The van der Waals surface area contributed by atoms with Crippen molar-refractivity contribution in [1.82, 2.24) is 0 Å². The monoisotopic (exact) mass is 504 g/mol. The molecule has 0 saturated heterocycles. The Labute approximate surface area is 210 Å². The quantitative estimate of drug-likeness (QED) is 0.343. The van der Waals surface area contributed by atoms with Gasteiger partial charge < -0.3 is 33.9 Å². The van der Waals surface area contributed by atoms with E-state index in [0.29, 0.717) is 19.3 Å². The number of hydrogen-bond donors (Lipinski definition) is 2. The molecule has 0 spiro atoms. The van der Waals surface area contributed by atoms with E-state index >= 15 is 0 Å². The lowest BCUT2D eigenvalue weighted by Crippen LogP contribution is -2.45. The van der Waals surface area contributed by atoms with Crippen LogP contribution in [0.1, 0.15) is 93.4 Å². The van der Waals surface area contributed by atoms with E-state index in [-0.39, 0.29) is 38.1 Å². The Balaban J connectivity index is 2.56. The van der Waals surface area contributed by atoms with Crippen molar-refractivity contribution in [3.05, 3.63) is 0 Å². The maximum absolute atomic E-state index is 12.9. The van der Waals surface area contributed by atoms with Gasteiger partial charge in [-0.1, -0.05) is 19.8 Å². The number of rotatable bonds is 14. The zero-order valence-corrected chi connectivity index (χ0v) is 22.7. The fourth-order valence-electron chi connectivity index (χ4n) is 3.97. The minimum absolute atomic E-state index is 0.0480. The van der Waals surface area contributed by atoms with Gasteiger partial charge in [0.15, 0.2) is 11.2 Å². The number of carbonyl (C=O) groups is 2. The van der Waals surface area contributed by atoms with Crippen LogP contribution in [0, 0.1) is 0 Å². The second-order valence-electron chi connectivity index (χ2n) is 10.5. The summed E-state index contributed by atoms with van der Waals surface area (Å²) in [4.78, 5) is 25.4. The lowest BCUT2D eigenvalue weighted by molar-refractivity contribution is -0.192. The Morgan fingerprint density at radius 3 is 2.17 bits per heavy atom. The molecule has 0 aromatic rings. The summed E-state index contributed by atoms with van der Waals surface area (Å²) in [7, 11) is 0. The predicted octanol–water partition coefficient (Wildman–Crippen LogP) is 3.31. The van der Waals surface area contributed by atoms with E-state index in [1.807, 2.05) is 20.8 Å². The lowest BCUT2D eigenvalue weighted by Gasteiger charge is -2.33. The van der Waals surface area contributed by atoms with Crippen LogP contribution >= 0.6 is 0 Å². The minimum atomic E-state index is -1.28. The molecule has 5 unspecified atom stereocenters. The van der Waals surface area contributed by atoms with Crippen LogP contribution in [-0.2, 0) is 33.3 Å². The van der Waals surface area contributed by atoms with E-state index in [4.69, 9.17) is 23.7 Å². The van der Waals surface area contributed by atoms with E-state index in [9.17, 15) is 19.8 Å². The van der Waals surface area contributed by atoms with Gasteiger partial charge in [-0.15, -0.1) is 0 Å². The summed E-state index contributed by atoms with van der Waals surface area (Å²) in [5.74, 6) is -1.08. The molecule has 35 heavy (non-hydrogen) atoms. The molecule has 0 aromatic carbocycles. The molecule has 0 bridgehead atoms. The molecule has 1 fully saturated rings. The van der Waals surface area contributed by atoms with Crippen molar-refractivity contribution in [1.29, 1.82) is 0 Å². The lowest BCUT2D eigenvalue weighted by atomic mass is 9.95. The summed E-state index contributed by atoms with van der Waals surface area (Å²) in [5.41, 5.74) is -2.38. The zero-order chi connectivity index (χ0) is 26.6. The van der Waals surface area contributed by atoms with Crippen molar-refractivity contribution < 1.29 is 43.5 Å². The van der Waals surface area contributed by atoms with E-state index in [0.717, 1.165) is 25.7 Å². The Morgan fingerprint density at radius 2 is 1.57 bits per heavy atom. The Bertz CT molecular complexity index is 636. The SMILES string of the molecule is CCC(C)(OC1CCCCC(O)CC1)C(=O)OCC(C)OC(C)(C)C(=O)OCC(CO)OC(C)C. The largest absolute Gasteiger partial charge is 0.461 e. The molecule has 1 aliphatic rings. The highest BCUT2D eigenvalue weighted by Crippen LogP contribution is 2.27. The van der Waals surface area contributed by atoms with Crippen LogP contribution in [0.15, 0.2) is 0 Å². The van der Waals surface area contributed by atoms with Gasteiger partial charge in [0.25, 0.3) is 0 Å². The Morgan fingerprint density at radius 1 is 0.943 bits per heavy atom. The molecule has 0 aliphatic heterocycles. The molecule has 206 valence electrons. The Kier molecular flexibility index (Phi) is 13.7. The minimum Gasteiger partial charge on any atom is -0.461 e. The number of aliphatic hydroxyl groups excluding tert-OH is 2. The van der Waals surface area contributed by atoms with Gasteiger partial charge >= 0.3 is 11.9 Å². The number of hydrogen-bond acceptors (Lipinski definition) is 9. The van der Waals surface area contributed by atoms with Crippen LogP contribution in [0.5, 0.6) is 0 Å². The molecule has 0 radical (unpaired) electrons. The highest BCUT2D eigenvalue weighted by Gasteiger charge is 2.38. The van der Waals surface area contributed by atoms with Crippen LogP contribution in [0.3, 0.4) is 0 Å². The van der Waals surface area contributed by atoms with Crippen molar-refractivity contribution in [3.8, 4) is 0 Å². The average molecular weight is 505 g/mol. The first kappa shape index (κ1) is 31.8. The third-order valence-corrected chi connectivity index (χ3v) is 6.17. The van der Waals surface area contributed by atoms with Gasteiger partial charge in [0.2, 0.25) is 0 Å². The second kappa shape index (κ2) is 15.1. The molecule has 1 saturated carbocycles. The molecule has 0 amide bonds. The molecule has 1 aliphatic carbocycles. The van der Waals surface area contributed by atoms with Crippen molar-refractivity contribution in [2.24, 2.45) is 0 Å². The van der Waals surface area contributed by atoms with Crippen molar-refractivity contribution in [3.63, 3.8) is 0 Å². The summed E-state index contributed by atoms with van der Waals surface area (Å²) in [6.45, 7) is 11.7. The van der Waals surface area contributed by atoms with E-state index < -0.39 is 35.3 Å². The summed E-state index contributed by atoms with van der Waals surface area (Å²) in [5, 5.41) is 19.3. The molecule has 5 atom stereocenters. The van der Waals surface area contributed by atoms with Gasteiger partial charge in [-0.25, -0.2) is 9.59 Å². The van der Waals surface area contributed by atoms with E-state index in [1.54, 1.807) is 27.7 Å². The van der Waals surface area contributed by atoms with Gasteiger partial charge in [-0.05, 0) is 73.6 Å². The second-order valence-corrected chi connectivity index (χ2v) is 10.5. The van der Waals surface area contributed by atoms with Gasteiger partial charge in [0.1, 0.15) is 19.3 Å². The molecule has 9 nitrogen and oxygen atoms in total. The number of aliphatic hydroxyl groups is 2. The van der Waals surface area contributed by atoms with Gasteiger partial charge in [0.05, 0.1) is 31.0 Å². The van der Waals surface area contributed by atoms with Crippen molar-refractivity contribution in [2.45, 2.75) is 135 Å². The third-order valence-electron chi connectivity index (χ3n) is 6.17. The first-order valence-corrected chi connectivity index (χ1v) is 13.0. The topological polar surface area (TPSA) is 121 Å². The molecule has 2 N–H and O–H groups in total. The summed E-state index contributed by atoms with van der Waals surface area (Å²) in [6, 6.07) is 0. The van der Waals surface area contributed by atoms with Crippen LogP contribution in [-0.4, -0.2) is 83.7 Å². The van der Waals surface area contributed by atoms with Gasteiger partial charge in [0, 0.05) is 0 Å². The normalized spacial score (nSPS) is 23.0. The van der Waals surface area contributed by atoms with Crippen LogP contribution in [0.4, 0.5) is 0 Å². The Hall–Kier alpha value is -1.26. The third kappa shape index (κ3) is 11.6. The summed E-state index contributed by atoms with van der Waals surface area (Å²) >= 11 is 0. The molecule has 0 heterocycles. The summed E-state index contributed by atoms with van der Waals surface area (Å²) < 4.78 is 28.3. The summed E-state index contributed by atoms with van der Waals surface area (Å²) in [6.07, 6.45) is 3.68. The fraction of sp³-hybridized carbons (Fsp3) is 0.923. The molecule has 9 heteroatoms. The first-order chi connectivity index (χ1) is 16.3. The van der Waals surface area contributed by atoms with Crippen molar-refractivity contribution in [2.75, 3.05) is 19.8 Å². The standard InChI is InChI=1S/C26H48O9/c1-8-26(7,35-21-12-10-9-11-20(28)13-14-21)24(30)31-16-19(4)34-25(5,6)23(29)32-17-22(15-27)33-18(2)3/h18-22,27-28H,8-17H2,1-7H3. The van der Waals surface area contributed by atoms with E-state index in [1.165, 1.54) is 0 Å². The predicted molar refractivity (Wildman–Crippen MR) is 131 cm³/mol. The first-order valence-electron chi connectivity index (χ1n) is 13.0. The molecule has 1 rings (SSSR count). The van der Waals surface area contributed by atoms with Crippen LogP contribution < -0.4 is 0 Å². The highest BCUT2D eigenvalue weighted by atomic mass is 16.6. The van der Waals surface area contributed by atoms with Crippen LogP contribution in [0.25, 0.3) is 0 Å². The number of esters is 2. The maximum atomic E-state index is 12.9. The number of ether oxygens (including phenoxy) is 5. The average Bonchev–Trinajstić information content (AvgIpc) is 2.78. The molecular formula is C26H48O9. The van der Waals surface area contributed by atoms with Gasteiger partial charge in [-0.2, -0.15) is 0 Å². The smallest absolute Gasteiger partial charge is 0.338 e. The van der Waals surface area contributed by atoms with E-state index in [2.05, 4.69) is 0 Å². The zero-order valence-electron chi connectivity index (χ0n) is 22.7. The number of carbonyl (C=O) groups excluding carboxylic acids is 2. The van der Waals surface area contributed by atoms with Gasteiger partial charge in [-0.3, -0.25) is 0 Å². The fourth-order valence-corrected chi connectivity index (χ4v) is 3.97.